The minimum absolute atomic E-state index is 0.0374. The fourth-order valence-corrected chi connectivity index (χ4v) is 5.76. The molecule has 0 spiro atoms. The van der Waals surface area contributed by atoms with E-state index in [0.717, 1.165) is 11.1 Å². The Morgan fingerprint density at radius 3 is 2.50 bits per heavy atom. The molecule has 3 aromatic rings. The number of ether oxygens (including phenoxy) is 2. The zero-order chi connectivity index (χ0) is 29.8. The molecule has 1 unspecified atom stereocenters. The van der Waals surface area contributed by atoms with Crippen LogP contribution in [0.25, 0.3) is 0 Å². The maximum Gasteiger partial charge on any atom is 0.246 e. The Balaban J connectivity index is 1.44. The monoisotopic (exact) mass is 573 g/mol. The molecule has 11 heteroatoms. The predicted octanol–water partition coefficient (Wildman–Crippen LogP) is 2.23. The van der Waals surface area contributed by atoms with Crippen LogP contribution in [-0.2, 0) is 33.8 Å². The zero-order valence-corrected chi connectivity index (χ0v) is 24.0. The van der Waals surface area contributed by atoms with Crippen LogP contribution in [0.1, 0.15) is 23.2 Å². The highest BCUT2D eigenvalue weighted by atomic mass is 16.5. The van der Waals surface area contributed by atoms with Gasteiger partial charge in [-0.15, -0.1) is 0 Å². The molecule has 42 heavy (non-hydrogen) atoms. The van der Waals surface area contributed by atoms with Crippen LogP contribution in [0.15, 0.2) is 66.9 Å². The number of piperazine rings is 1. The molecular weight excluding hydrogens is 538 g/mol. The number of aromatic nitrogens is 1. The Bertz CT molecular complexity index is 1430. The second kappa shape index (κ2) is 12.5. The number of fused-ring (bicyclic) bond motifs is 1. The van der Waals surface area contributed by atoms with Crippen molar-refractivity contribution in [3.63, 3.8) is 0 Å². The molecule has 0 saturated carbocycles. The summed E-state index contributed by atoms with van der Waals surface area (Å²) in [6, 6.07) is 16.8. The van der Waals surface area contributed by atoms with Gasteiger partial charge in [0.25, 0.3) is 0 Å². The number of likely N-dealkylation sites (N-methyl/N-ethyl adjacent to an activating group) is 1. The largest absolute Gasteiger partial charge is 0.508 e. The van der Waals surface area contributed by atoms with E-state index in [1.54, 1.807) is 77.6 Å². The van der Waals surface area contributed by atoms with E-state index in [0.29, 0.717) is 23.6 Å². The Morgan fingerprint density at radius 2 is 1.81 bits per heavy atom. The molecule has 5 rings (SSSR count). The van der Waals surface area contributed by atoms with Crippen molar-refractivity contribution in [2.24, 2.45) is 0 Å². The predicted molar refractivity (Wildman–Crippen MR) is 153 cm³/mol. The summed E-state index contributed by atoms with van der Waals surface area (Å²) in [5.74, 6) is 0.661. The lowest BCUT2D eigenvalue weighted by atomic mass is 9.98. The minimum atomic E-state index is -0.827. The van der Waals surface area contributed by atoms with Crippen LogP contribution in [0.3, 0.4) is 0 Å². The number of nitrogens with zero attached hydrogens (tertiary/aromatic N) is 5. The van der Waals surface area contributed by atoms with E-state index in [2.05, 4.69) is 4.98 Å². The average molecular weight is 574 g/mol. The van der Waals surface area contributed by atoms with Crippen molar-refractivity contribution in [2.45, 2.75) is 38.0 Å². The quantitative estimate of drug-likeness (QED) is 0.415. The third-order valence-corrected chi connectivity index (χ3v) is 7.73. The summed E-state index contributed by atoms with van der Waals surface area (Å²) in [6.45, 7) is 0.354. The molecule has 2 saturated heterocycles. The topological polar surface area (TPSA) is 116 Å². The number of carbonyl (C=O) groups excluding carboxylic acids is 3. The molecule has 2 aliphatic heterocycles. The standard InChI is InChI=1S/C31H35N5O6/c1-33-20-29(39)35-25(17-21-10-13-24(37)14-11-21)31(40)34(18-23-8-4-5-16-32-23)19-27(35)36(33)28(38)15-12-22-7-6-9-26(41-2)30(22)42-3/h4-11,13-14,16,25,27,37H,12,15,17-20H2,1-3H3/t25-,27?/m0/s1. The fraction of sp³-hybridized carbons (Fsp3) is 0.355. The maximum atomic E-state index is 13.9. The van der Waals surface area contributed by atoms with Gasteiger partial charge in [-0.25, -0.2) is 5.01 Å². The number of phenolic OH excluding ortho intramolecular Hbond substituents is 1. The van der Waals surface area contributed by atoms with Crippen LogP contribution >= 0.6 is 0 Å². The number of methoxy groups -OCH3 is 2. The first-order chi connectivity index (χ1) is 20.3. The molecule has 0 bridgehead atoms. The van der Waals surface area contributed by atoms with Gasteiger partial charge in [0.05, 0.1) is 39.5 Å². The van der Waals surface area contributed by atoms with Crippen molar-refractivity contribution in [1.29, 1.82) is 0 Å². The van der Waals surface area contributed by atoms with Gasteiger partial charge in [0.15, 0.2) is 11.5 Å². The van der Waals surface area contributed by atoms with Gasteiger partial charge < -0.3 is 24.4 Å². The number of carbonyl (C=O) groups is 3. The smallest absolute Gasteiger partial charge is 0.246 e. The number of hydrazine groups is 1. The van der Waals surface area contributed by atoms with Gasteiger partial charge >= 0.3 is 0 Å². The summed E-state index contributed by atoms with van der Waals surface area (Å²) in [5, 5.41) is 13.0. The van der Waals surface area contributed by atoms with Crippen molar-refractivity contribution in [2.75, 3.05) is 34.4 Å². The molecular formula is C31H35N5O6. The first kappa shape index (κ1) is 28.9. The fourth-order valence-electron chi connectivity index (χ4n) is 5.76. The number of rotatable bonds is 9. The minimum Gasteiger partial charge on any atom is -0.508 e. The summed E-state index contributed by atoms with van der Waals surface area (Å²) in [7, 11) is 4.85. The highest BCUT2D eigenvalue weighted by molar-refractivity contribution is 5.91. The van der Waals surface area contributed by atoms with Crippen molar-refractivity contribution in [1.82, 2.24) is 24.8 Å². The molecule has 2 fully saturated rings. The molecule has 2 aliphatic rings. The average Bonchev–Trinajstić information content (AvgIpc) is 2.99. The number of hydrogen-bond acceptors (Lipinski definition) is 8. The van der Waals surface area contributed by atoms with Gasteiger partial charge in [-0.2, -0.15) is 0 Å². The molecule has 2 aromatic carbocycles. The first-order valence-corrected chi connectivity index (χ1v) is 13.8. The highest BCUT2D eigenvalue weighted by Crippen LogP contribution is 2.33. The Hall–Kier alpha value is -4.64. The number of aromatic hydroxyl groups is 1. The Kier molecular flexibility index (Phi) is 8.58. The Morgan fingerprint density at radius 1 is 1.02 bits per heavy atom. The molecule has 11 nitrogen and oxygen atoms in total. The summed E-state index contributed by atoms with van der Waals surface area (Å²) in [6.07, 6.45) is 1.78. The lowest BCUT2D eigenvalue weighted by Crippen LogP contribution is -2.75. The van der Waals surface area contributed by atoms with E-state index in [1.165, 1.54) is 0 Å². The number of phenols is 1. The van der Waals surface area contributed by atoms with Gasteiger partial charge in [0, 0.05) is 26.1 Å². The van der Waals surface area contributed by atoms with Crippen molar-refractivity contribution < 1.29 is 29.0 Å². The van der Waals surface area contributed by atoms with Gasteiger partial charge in [-0.05, 0) is 47.9 Å². The van der Waals surface area contributed by atoms with Crippen LogP contribution in [0.5, 0.6) is 17.2 Å². The number of hydrogen-bond donors (Lipinski definition) is 1. The summed E-state index contributed by atoms with van der Waals surface area (Å²) in [5.41, 5.74) is 2.33. The van der Waals surface area contributed by atoms with Gasteiger partial charge in [-0.3, -0.25) is 24.4 Å². The second-order valence-electron chi connectivity index (χ2n) is 10.4. The third kappa shape index (κ3) is 5.87. The SMILES string of the molecule is COc1cccc(CCC(=O)N2C3CN(Cc4ccccn4)C(=O)[C@H](Cc4ccc(O)cc4)N3C(=O)CN2C)c1OC. The number of amides is 3. The van der Waals surface area contributed by atoms with Gasteiger partial charge in [0.1, 0.15) is 18.0 Å². The van der Waals surface area contributed by atoms with Crippen LogP contribution in [0.4, 0.5) is 0 Å². The summed E-state index contributed by atoms with van der Waals surface area (Å²) in [4.78, 5) is 48.9. The zero-order valence-electron chi connectivity index (χ0n) is 24.0. The van der Waals surface area contributed by atoms with Crippen LogP contribution in [0.2, 0.25) is 0 Å². The summed E-state index contributed by atoms with van der Waals surface area (Å²) >= 11 is 0. The Labute approximate surface area is 244 Å². The van der Waals surface area contributed by atoms with E-state index >= 15 is 0 Å². The molecule has 3 heterocycles. The van der Waals surface area contributed by atoms with Crippen LogP contribution in [0, 0.1) is 0 Å². The summed E-state index contributed by atoms with van der Waals surface area (Å²) < 4.78 is 11.0. The molecule has 220 valence electrons. The molecule has 0 aliphatic carbocycles. The third-order valence-electron chi connectivity index (χ3n) is 7.73. The number of aryl methyl sites for hydroxylation is 1. The van der Waals surface area contributed by atoms with Gasteiger partial charge in [0.2, 0.25) is 17.7 Å². The van der Waals surface area contributed by atoms with Crippen molar-refractivity contribution >= 4 is 17.7 Å². The van der Waals surface area contributed by atoms with Crippen molar-refractivity contribution in [3.8, 4) is 17.2 Å². The normalized spacial score (nSPS) is 19.1. The number of pyridine rings is 1. The number of para-hydroxylation sites is 1. The lowest BCUT2D eigenvalue weighted by Gasteiger charge is -2.54. The van der Waals surface area contributed by atoms with E-state index in [-0.39, 0.29) is 55.9 Å². The second-order valence-corrected chi connectivity index (χ2v) is 10.4. The molecule has 0 radical (unpaired) electrons. The maximum absolute atomic E-state index is 13.9. The number of benzene rings is 2. The van der Waals surface area contributed by atoms with Crippen LogP contribution < -0.4 is 9.47 Å². The van der Waals surface area contributed by atoms with E-state index < -0.39 is 12.2 Å². The van der Waals surface area contributed by atoms with E-state index in [4.69, 9.17) is 9.47 Å². The highest BCUT2D eigenvalue weighted by Gasteiger charge is 2.50. The van der Waals surface area contributed by atoms with Crippen molar-refractivity contribution in [3.05, 3.63) is 83.7 Å². The first-order valence-electron chi connectivity index (χ1n) is 13.8. The van der Waals surface area contributed by atoms with Crippen LogP contribution in [-0.4, -0.2) is 94.2 Å². The van der Waals surface area contributed by atoms with Gasteiger partial charge in [-0.1, -0.05) is 30.3 Å². The lowest BCUT2D eigenvalue weighted by molar-refractivity contribution is -0.202. The van der Waals surface area contributed by atoms with E-state index in [1.807, 2.05) is 30.3 Å². The molecule has 1 N–H and O–H groups in total. The molecule has 3 amide bonds. The molecule has 1 aromatic heterocycles. The molecule has 2 atom stereocenters. The van der Waals surface area contributed by atoms with E-state index in [9.17, 15) is 19.5 Å².